The number of ether oxygens (including phenoxy) is 1. The van der Waals surface area contributed by atoms with E-state index in [0.29, 0.717) is 12.3 Å². The third-order valence-electron chi connectivity index (χ3n) is 3.40. The van der Waals surface area contributed by atoms with Crippen molar-refractivity contribution in [2.45, 2.75) is 25.4 Å². The van der Waals surface area contributed by atoms with Crippen molar-refractivity contribution < 1.29 is 19.7 Å². The molecule has 1 saturated carbocycles. The summed E-state index contributed by atoms with van der Waals surface area (Å²) in [5.41, 5.74) is 0. The van der Waals surface area contributed by atoms with Crippen molar-refractivity contribution in [1.29, 1.82) is 0 Å². The van der Waals surface area contributed by atoms with Gasteiger partial charge in [0.2, 0.25) is 0 Å². The summed E-state index contributed by atoms with van der Waals surface area (Å²) >= 11 is 0. The molecule has 1 fully saturated rings. The van der Waals surface area contributed by atoms with Crippen molar-refractivity contribution in [3.8, 4) is 11.5 Å². The number of carbonyl (C=O) groups is 1. The van der Waals surface area contributed by atoms with Crippen molar-refractivity contribution in [3.63, 3.8) is 0 Å². The van der Waals surface area contributed by atoms with Gasteiger partial charge in [0.1, 0.15) is 0 Å². The molecule has 0 saturated heterocycles. The average molecular weight is 265 g/mol. The number of aliphatic hydroxyl groups excluding tert-OH is 1. The van der Waals surface area contributed by atoms with Crippen LogP contribution in [0.4, 0.5) is 0 Å². The van der Waals surface area contributed by atoms with Crippen LogP contribution in [0.5, 0.6) is 11.5 Å². The Morgan fingerprint density at radius 3 is 2.84 bits per heavy atom. The Labute approximate surface area is 112 Å². The first-order chi connectivity index (χ1) is 9.16. The maximum absolute atomic E-state index is 11.6. The van der Waals surface area contributed by atoms with E-state index < -0.39 is 0 Å². The molecule has 5 nitrogen and oxygen atoms in total. The van der Waals surface area contributed by atoms with Gasteiger partial charge in [-0.2, -0.15) is 0 Å². The molecular weight excluding hydrogens is 246 g/mol. The summed E-state index contributed by atoms with van der Waals surface area (Å²) in [5, 5.41) is 21.8. The fraction of sp³-hybridized carbons (Fsp3) is 0.500. The molecule has 0 radical (unpaired) electrons. The number of carbonyl (C=O) groups excluding carboxylic acids is 1. The molecule has 0 aliphatic heterocycles. The predicted octanol–water partition coefficient (Wildman–Crippen LogP) is 1.05. The highest BCUT2D eigenvalue weighted by atomic mass is 16.5. The van der Waals surface area contributed by atoms with E-state index in [0.717, 1.165) is 19.3 Å². The lowest BCUT2D eigenvalue weighted by atomic mass is 10.1. The zero-order valence-electron chi connectivity index (χ0n) is 10.7. The highest BCUT2D eigenvalue weighted by molar-refractivity contribution is 5.77. The smallest absolute Gasteiger partial charge is 0.257 e. The minimum absolute atomic E-state index is 0.0153. The number of phenolic OH excluding ortho intramolecular Hbond substituents is 1. The molecule has 0 spiro atoms. The van der Waals surface area contributed by atoms with Crippen molar-refractivity contribution >= 4 is 5.91 Å². The van der Waals surface area contributed by atoms with Gasteiger partial charge >= 0.3 is 0 Å². The van der Waals surface area contributed by atoms with E-state index in [4.69, 9.17) is 4.74 Å². The van der Waals surface area contributed by atoms with Crippen LogP contribution in [0.2, 0.25) is 0 Å². The van der Waals surface area contributed by atoms with Crippen LogP contribution in [0.1, 0.15) is 19.3 Å². The topological polar surface area (TPSA) is 78.8 Å². The molecule has 2 rings (SSSR count). The van der Waals surface area contributed by atoms with Gasteiger partial charge in [0.05, 0.1) is 6.10 Å². The van der Waals surface area contributed by atoms with Crippen LogP contribution in [-0.2, 0) is 4.79 Å². The highest BCUT2D eigenvalue weighted by Gasteiger charge is 2.25. The van der Waals surface area contributed by atoms with Crippen molar-refractivity contribution in [3.05, 3.63) is 24.3 Å². The molecule has 1 aromatic carbocycles. The Morgan fingerprint density at radius 2 is 2.16 bits per heavy atom. The molecule has 104 valence electrons. The number of phenols is 1. The Hall–Kier alpha value is -1.75. The summed E-state index contributed by atoms with van der Waals surface area (Å²) in [6.45, 7) is 0.338. The van der Waals surface area contributed by atoms with Gasteiger partial charge in [-0.3, -0.25) is 4.79 Å². The van der Waals surface area contributed by atoms with Gasteiger partial charge in [-0.05, 0) is 25.0 Å². The number of hydrogen-bond acceptors (Lipinski definition) is 4. The third kappa shape index (κ3) is 3.86. The SMILES string of the molecule is O=C(COc1ccccc1O)NCC1CCCC1O. The zero-order chi connectivity index (χ0) is 13.7. The first-order valence-corrected chi connectivity index (χ1v) is 6.52. The van der Waals surface area contributed by atoms with Crippen molar-refractivity contribution in [2.24, 2.45) is 5.92 Å². The molecule has 5 heteroatoms. The summed E-state index contributed by atoms with van der Waals surface area (Å²) in [4.78, 5) is 11.6. The minimum Gasteiger partial charge on any atom is -0.504 e. The normalized spacial score (nSPS) is 22.2. The number of rotatable bonds is 5. The largest absolute Gasteiger partial charge is 0.504 e. The Kier molecular flexibility index (Phi) is 4.63. The number of para-hydroxylation sites is 2. The van der Waals surface area contributed by atoms with Gasteiger partial charge in [0.25, 0.3) is 5.91 Å². The van der Waals surface area contributed by atoms with E-state index in [-0.39, 0.29) is 30.3 Å². The molecule has 19 heavy (non-hydrogen) atoms. The van der Waals surface area contributed by atoms with E-state index in [2.05, 4.69) is 5.32 Å². The van der Waals surface area contributed by atoms with E-state index in [1.165, 1.54) is 6.07 Å². The molecule has 1 aliphatic rings. The maximum Gasteiger partial charge on any atom is 0.257 e. The van der Waals surface area contributed by atoms with E-state index in [9.17, 15) is 15.0 Å². The minimum atomic E-state index is -0.306. The highest BCUT2D eigenvalue weighted by Crippen LogP contribution is 2.25. The van der Waals surface area contributed by atoms with E-state index >= 15 is 0 Å². The lowest BCUT2D eigenvalue weighted by molar-refractivity contribution is -0.123. The Balaban J connectivity index is 1.71. The molecule has 1 aliphatic carbocycles. The first kappa shape index (κ1) is 13.7. The number of benzene rings is 1. The Bertz CT molecular complexity index is 435. The van der Waals surface area contributed by atoms with Gasteiger partial charge in [0.15, 0.2) is 18.1 Å². The molecule has 0 heterocycles. The number of amides is 1. The molecule has 1 aromatic rings. The quantitative estimate of drug-likeness (QED) is 0.743. The van der Waals surface area contributed by atoms with Gasteiger partial charge < -0.3 is 20.3 Å². The number of hydrogen-bond donors (Lipinski definition) is 3. The lowest BCUT2D eigenvalue weighted by Gasteiger charge is -2.15. The number of aromatic hydroxyl groups is 1. The number of aliphatic hydroxyl groups is 1. The van der Waals surface area contributed by atoms with Crippen LogP contribution >= 0.6 is 0 Å². The van der Waals surface area contributed by atoms with Gasteiger partial charge in [-0.1, -0.05) is 18.6 Å². The van der Waals surface area contributed by atoms with Crippen LogP contribution in [0, 0.1) is 5.92 Å². The van der Waals surface area contributed by atoms with Gasteiger partial charge in [-0.25, -0.2) is 0 Å². The second-order valence-electron chi connectivity index (χ2n) is 4.82. The molecule has 2 atom stereocenters. The van der Waals surface area contributed by atoms with Crippen molar-refractivity contribution in [1.82, 2.24) is 5.32 Å². The zero-order valence-corrected chi connectivity index (χ0v) is 10.7. The third-order valence-corrected chi connectivity index (χ3v) is 3.40. The summed E-state index contributed by atoms with van der Waals surface area (Å²) < 4.78 is 5.22. The maximum atomic E-state index is 11.6. The van der Waals surface area contributed by atoms with Gasteiger partial charge in [0, 0.05) is 12.5 Å². The monoisotopic (exact) mass is 265 g/mol. The molecule has 1 amide bonds. The van der Waals surface area contributed by atoms with Crippen molar-refractivity contribution in [2.75, 3.05) is 13.2 Å². The first-order valence-electron chi connectivity index (χ1n) is 6.52. The molecule has 0 aromatic heterocycles. The fourth-order valence-electron chi connectivity index (χ4n) is 2.27. The summed E-state index contributed by atoms with van der Waals surface area (Å²) in [7, 11) is 0. The summed E-state index contributed by atoms with van der Waals surface area (Å²) in [6, 6.07) is 6.51. The van der Waals surface area contributed by atoms with E-state index in [1.807, 2.05) is 0 Å². The standard InChI is InChI=1S/C14H19NO4/c16-11-6-3-4-10(11)8-15-14(18)9-19-13-7-2-1-5-12(13)17/h1-2,5,7,10-11,16-17H,3-4,6,8-9H2,(H,15,18). The second kappa shape index (κ2) is 6.43. The molecule has 0 bridgehead atoms. The summed E-state index contributed by atoms with van der Waals surface area (Å²) in [5.74, 6) is 0.205. The van der Waals surface area contributed by atoms with Crippen LogP contribution in [-0.4, -0.2) is 35.4 Å². The molecule has 2 unspecified atom stereocenters. The van der Waals surface area contributed by atoms with Crippen LogP contribution in [0.15, 0.2) is 24.3 Å². The van der Waals surface area contributed by atoms with Gasteiger partial charge in [-0.15, -0.1) is 0 Å². The number of nitrogens with one attached hydrogen (secondary N) is 1. The van der Waals surface area contributed by atoms with Crippen LogP contribution < -0.4 is 10.1 Å². The average Bonchev–Trinajstić information content (AvgIpc) is 2.81. The Morgan fingerprint density at radius 1 is 1.37 bits per heavy atom. The van der Waals surface area contributed by atoms with Crippen LogP contribution in [0.25, 0.3) is 0 Å². The fourth-order valence-corrected chi connectivity index (χ4v) is 2.27. The lowest BCUT2D eigenvalue weighted by Crippen LogP contribution is -2.35. The molecular formula is C14H19NO4. The second-order valence-corrected chi connectivity index (χ2v) is 4.82. The predicted molar refractivity (Wildman–Crippen MR) is 70.0 cm³/mol. The summed E-state index contributed by atoms with van der Waals surface area (Å²) in [6.07, 6.45) is 2.46. The van der Waals surface area contributed by atoms with Crippen LogP contribution in [0.3, 0.4) is 0 Å². The van der Waals surface area contributed by atoms with E-state index in [1.54, 1.807) is 18.2 Å². The molecule has 3 N–H and O–H groups in total.